The summed E-state index contributed by atoms with van der Waals surface area (Å²) in [6, 6.07) is 0.833. The predicted octanol–water partition coefficient (Wildman–Crippen LogP) is 1.40. The molecule has 0 aromatic rings. The van der Waals surface area contributed by atoms with Crippen LogP contribution in [-0.4, -0.2) is 50.2 Å². The summed E-state index contributed by atoms with van der Waals surface area (Å²) in [6.45, 7) is 3.76. The minimum absolute atomic E-state index is 0.121. The van der Waals surface area contributed by atoms with Crippen LogP contribution in [-0.2, 0) is 9.53 Å². The number of hydrogen-bond acceptors (Lipinski definition) is 3. The number of amides is 1. The Bertz CT molecular complexity index is 265. The van der Waals surface area contributed by atoms with Crippen LogP contribution in [0.5, 0.6) is 0 Å². The second kappa shape index (κ2) is 7.10. The molecule has 1 N–H and O–H groups in total. The van der Waals surface area contributed by atoms with E-state index in [0.29, 0.717) is 18.9 Å². The van der Waals surface area contributed by atoms with Gasteiger partial charge in [0.2, 0.25) is 5.91 Å². The van der Waals surface area contributed by atoms with Crippen LogP contribution in [0.3, 0.4) is 0 Å². The zero-order valence-corrected chi connectivity index (χ0v) is 11.5. The monoisotopic (exact) mass is 254 g/mol. The molecule has 0 bridgehead atoms. The highest BCUT2D eigenvalue weighted by Crippen LogP contribution is 2.28. The van der Waals surface area contributed by atoms with Crippen molar-refractivity contribution in [2.45, 2.75) is 44.6 Å². The maximum atomic E-state index is 11.5. The maximum Gasteiger partial charge on any atom is 0.222 e. The molecular weight excluding hydrogens is 228 g/mol. The van der Waals surface area contributed by atoms with Gasteiger partial charge in [-0.05, 0) is 31.7 Å². The Morgan fingerprint density at radius 3 is 2.83 bits per heavy atom. The summed E-state index contributed by atoms with van der Waals surface area (Å²) >= 11 is 0. The van der Waals surface area contributed by atoms with Crippen molar-refractivity contribution in [1.29, 1.82) is 0 Å². The Morgan fingerprint density at radius 1 is 1.33 bits per heavy atom. The van der Waals surface area contributed by atoms with E-state index in [4.69, 9.17) is 4.74 Å². The summed E-state index contributed by atoms with van der Waals surface area (Å²) in [5, 5.41) is 3.02. The van der Waals surface area contributed by atoms with E-state index in [1.54, 1.807) is 7.11 Å². The Labute approximate surface area is 110 Å². The molecule has 0 spiro atoms. The molecule has 4 nitrogen and oxygen atoms in total. The van der Waals surface area contributed by atoms with Gasteiger partial charge in [0.05, 0.1) is 6.61 Å². The molecule has 1 saturated carbocycles. The molecule has 1 atom stereocenters. The molecule has 0 aromatic heterocycles. The molecule has 18 heavy (non-hydrogen) atoms. The molecule has 1 saturated heterocycles. The van der Waals surface area contributed by atoms with Crippen molar-refractivity contribution in [1.82, 2.24) is 10.2 Å². The zero-order chi connectivity index (χ0) is 12.8. The second-order valence-electron chi connectivity index (χ2n) is 5.63. The molecular formula is C14H26N2O2. The molecule has 0 unspecified atom stereocenters. The molecule has 1 aliphatic carbocycles. The lowest BCUT2D eigenvalue weighted by Crippen LogP contribution is -2.34. The summed E-state index contributed by atoms with van der Waals surface area (Å²) in [7, 11) is 1.63. The normalized spacial score (nSPS) is 25.7. The SMILES string of the molecule is COCCC(=O)NC[C@@H]1CCN(C2CCCC2)C1. The van der Waals surface area contributed by atoms with Gasteiger partial charge in [0, 0.05) is 32.7 Å². The highest BCUT2D eigenvalue weighted by molar-refractivity contribution is 5.75. The van der Waals surface area contributed by atoms with Crippen molar-refractivity contribution in [2.75, 3.05) is 33.4 Å². The molecule has 2 rings (SSSR count). The topological polar surface area (TPSA) is 41.6 Å². The van der Waals surface area contributed by atoms with E-state index in [2.05, 4.69) is 10.2 Å². The minimum atomic E-state index is 0.121. The fraction of sp³-hybridized carbons (Fsp3) is 0.929. The first kappa shape index (κ1) is 13.8. The van der Waals surface area contributed by atoms with Gasteiger partial charge in [0.15, 0.2) is 0 Å². The lowest BCUT2D eigenvalue weighted by molar-refractivity contribution is -0.122. The van der Waals surface area contributed by atoms with Crippen LogP contribution in [0, 0.1) is 5.92 Å². The first-order chi connectivity index (χ1) is 8.79. The molecule has 0 aromatic carbocycles. The number of nitrogens with one attached hydrogen (secondary N) is 1. The molecule has 2 fully saturated rings. The quantitative estimate of drug-likeness (QED) is 0.779. The molecule has 1 aliphatic heterocycles. The second-order valence-corrected chi connectivity index (χ2v) is 5.63. The number of methoxy groups -OCH3 is 1. The largest absolute Gasteiger partial charge is 0.384 e. The zero-order valence-electron chi connectivity index (χ0n) is 11.5. The number of nitrogens with zero attached hydrogens (tertiary/aromatic N) is 1. The van der Waals surface area contributed by atoms with Crippen LogP contribution in [0.25, 0.3) is 0 Å². The van der Waals surface area contributed by atoms with E-state index in [-0.39, 0.29) is 5.91 Å². The Morgan fingerprint density at radius 2 is 2.11 bits per heavy atom. The van der Waals surface area contributed by atoms with Gasteiger partial charge in [-0.1, -0.05) is 12.8 Å². The van der Waals surface area contributed by atoms with Gasteiger partial charge in [0.25, 0.3) is 0 Å². The first-order valence-electron chi connectivity index (χ1n) is 7.29. The van der Waals surface area contributed by atoms with Crippen LogP contribution in [0.15, 0.2) is 0 Å². The Hall–Kier alpha value is -0.610. The molecule has 1 heterocycles. The highest BCUT2D eigenvalue weighted by atomic mass is 16.5. The van der Waals surface area contributed by atoms with Gasteiger partial charge in [-0.2, -0.15) is 0 Å². The summed E-state index contributed by atoms with van der Waals surface area (Å²) in [5.74, 6) is 0.772. The summed E-state index contributed by atoms with van der Waals surface area (Å²) in [4.78, 5) is 14.1. The van der Waals surface area contributed by atoms with Crippen molar-refractivity contribution in [2.24, 2.45) is 5.92 Å². The third-order valence-electron chi connectivity index (χ3n) is 4.28. The smallest absolute Gasteiger partial charge is 0.222 e. The van der Waals surface area contributed by atoms with Crippen molar-refractivity contribution in [3.05, 3.63) is 0 Å². The van der Waals surface area contributed by atoms with Crippen molar-refractivity contribution < 1.29 is 9.53 Å². The Balaban J connectivity index is 1.61. The number of rotatable bonds is 6. The lowest BCUT2D eigenvalue weighted by Gasteiger charge is -2.23. The van der Waals surface area contributed by atoms with Crippen LogP contribution < -0.4 is 5.32 Å². The van der Waals surface area contributed by atoms with Gasteiger partial charge in [-0.25, -0.2) is 0 Å². The third kappa shape index (κ3) is 3.95. The van der Waals surface area contributed by atoms with Gasteiger partial charge >= 0.3 is 0 Å². The number of hydrogen-bond donors (Lipinski definition) is 1. The van der Waals surface area contributed by atoms with Gasteiger partial charge in [-0.3, -0.25) is 4.79 Å². The average molecular weight is 254 g/mol. The fourth-order valence-electron chi connectivity index (χ4n) is 3.17. The lowest BCUT2D eigenvalue weighted by atomic mass is 10.1. The number of ether oxygens (including phenoxy) is 1. The van der Waals surface area contributed by atoms with E-state index < -0.39 is 0 Å². The van der Waals surface area contributed by atoms with Gasteiger partial charge in [0.1, 0.15) is 0 Å². The highest BCUT2D eigenvalue weighted by Gasteiger charge is 2.29. The van der Waals surface area contributed by atoms with Crippen molar-refractivity contribution in [3.8, 4) is 0 Å². The molecule has 0 radical (unpaired) electrons. The molecule has 4 heteroatoms. The van der Waals surface area contributed by atoms with E-state index in [9.17, 15) is 4.79 Å². The first-order valence-corrected chi connectivity index (χ1v) is 7.29. The van der Waals surface area contributed by atoms with Gasteiger partial charge in [-0.15, -0.1) is 0 Å². The summed E-state index contributed by atoms with van der Waals surface area (Å²) in [5.41, 5.74) is 0. The standard InChI is InChI=1S/C14H26N2O2/c1-18-9-7-14(17)15-10-12-6-8-16(11-12)13-4-2-3-5-13/h12-13H,2-11H2,1H3,(H,15,17)/t12-/m0/s1. The van der Waals surface area contributed by atoms with Crippen LogP contribution in [0.4, 0.5) is 0 Å². The number of carbonyl (C=O) groups excluding carboxylic acids is 1. The summed E-state index contributed by atoms with van der Waals surface area (Å²) < 4.78 is 4.90. The van der Waals surface area contributed by atoms with E-state index >= 15 is 0 Å². The molecule has 2 aliphatic rings. The van der Waals surface area contributed by atoms with Crippen LogP contribution in [0.2, 0.25) is 0 Å². The fourth-order valence-corrected chi connectivity index (χ4v) is 3.17. The Kier molecular flexibility index (Phi) is 5.45. The number of carbonyl (C=O) groups is 1. The molecule has 1 amide bonds. The third-order valence-corrected chi connectivity index (χ3v) is 4.28. The summed E-state index contributed by atoms with van der Waals surface area (Å²) in [6.07, 6.45) is 7.29. The van der Waals surface area contributed by atoms with E-state index in [0.717, 1.165) is 12.6 Å². The van der Waals surface area contributed by atoms with Crippen molar-refractivity contribution in [3.63, 3.8) is 0 Å². The van der Waals surface area contributed by atoms with Crippen LogP contribution in [0.1, 0.15) is 38.5 Å². The van der Waals surface area contributed by atoms with E-state index in [1.165, 1.54) is 45.2 Å². The van der Waals surface area contributed by atoms with Crippen LogP contribution >= 0.6 is 0 Å². The maximum absolute atomic E-state index is 11.5. The minimum Gasteiger partial charge on any atom is -0.384 e. The average Bonchev–Trinajstić information content (AvgIpc) is 3.03. The van der Waals surface area contributed by atoms with E-state index in [1.807, 2.05) is 0 Å². The number of likely N-dealkylation sites (tertiary alicyclic amines) is 1. The van der Waals surface area contributed by atoms with Gasteiger partial charge < -0.3 is 15.0 Å². The predicted molar refractivity (Wildman–Crippen MR) is 71.4 cm³/mol. The molecule has 104 valence electrons. The van der Waals surface area contributed by atoms with Crippen molar-refractivity contribution >= 4 is 5.91 Å².